The van der Waals surface area contributed by atoms with E-state index in [-0.39, 0.29) is 11.9 Å². The predicted molar refractivity (Wildman–Crippen MR) is 102 cm³/mol. The lowest BCUT2D eigenvalue weighted by molar-refractivity contribution is -0.116. The molecule has 25 heavy (non-hydrogen) atoms. The first-order valence-electron chi connectivity index (χ1n) is 8.09. The highest BCUT2D eigenvalue weighted by Gasteiger charge is 2.18. The summed E-state index contributed by atoms with van der Waals surface area (Å²) in [7, 11) is 0. The molecule has 0 fully saturated rings. The number of fused-ring (bicyclic) bond motifs is 1. The average molecular weight is 347 g/mol. The number of hydrogen-bond acceptors (Lipinski definition) is 3. The van der Waals surface area contributed by atoms with Crippen molar-refractivity contribution in [3.63, 3.8) is 0 Å². The molecule has 0 saturated heterocycles. The highest BCUT2D eigenvalue weighted by Crippen LogP contribution is 2.26. The molecule has 0 bridgehead atoms. The molecule has 0 aliphatic carbocycles. The van der Waals surface area contributed by atoms with Crippen LogP contribution in [0, 0.1) is 0 Å². The van der Waals surface area contributed by atoms with Gasteiger partial charge in [-0.25, -0.2) is 0 Å². The number of rotatable bonds is 5. The number of thiophene rings is 1. The number of hydrogen-bond donors (Lipinski definition) is 1. The second kappa shape index (κ2) is 6.91. The summed E-state index contributed by atoms with van der Waals surface area (Å²) in [6.07, 6.45) is 6.10. The van der Waals surface area contributed by atoms with E-state index in [1.807, 2.05) is 60.2 Å². The Balaban J connectivity index is 1.58. The number of anilines is 1. The topological polar surface area (TPSA) is 46.9 Å². The summed E-state index contributed by atoms with van der Waals surface area (Å²) >= 11 is 1.64. The molecule has 124 valence electrons. The minimum atomic E-state index is -0.0250. The molecule has 3 heterocycles. The summed E-state index contributed by atoms with van der Waals surface area (Å²) in [6.45, 7) is 0. The van der Waals surface area contributed by atoms with Gasteiger partial charge in [0.25, 0.3) is 0 Å². The van der Waals surface area contributed by atoms with Gasteiger partial charge in [0.15, 0.2) is 0 Å². The van der Waals surface area contributed by atoms with Crippen molar-refractivity contribution in [3.05, 3.63) is 83.4 Å². The zero-order valence-electron chi connectivity index (χ0n) is 13.5. The van der Waals surface area contributed by atoms with Crippen molar-refractivity contribution in [2.45, 2.75) is 12.5 Å². The van der Waals surface area contributed by atoms with E-state index < -0.39 is 0 Å². The number of carbonyl (C=O) groups is 1. The lowest BCUT2D eigenvalue weighted by atomic mass is 10.1. The summed E-state index contributed by atoms with van der Waals surface area (Å²) in [4.78, 5) is 17.1. The van der Waals surface area contributed by atoms with Crippen LogP contribution in [-0.4, -0.2) is 15.5 Å². The van der Waals surface area contributed by atoms with Gasteiger partial charge in [-0.1, -0.05) is 18.2 Å². The van der Waals surface area contributed by atoms with Crippen molar-refractivity contribution >= 4 is 33.8 Å². The van der Waals surface area contributed by atoms with Crippen LogP contribution in [0.1, 0.15) is 18.0 Å². The number of nitrogens with one attached hydrogen (secondary N) is 1. The minimum absolute atomic E-state index is 0.0100. The number of carbonyl (C=O) groups excluding carboxylic acids is 1. The van der Waals surface area contributed by atoms with Crippen LogP contribution < -0.4 is 5.32 Å². The van der Waals surface area contributed by atoms with Crippen LogP contribution in [0.15, 0.2) is 77.9 Å². The molecule has 0 unspecified atom stereocenters. The van der Waals surface area contributed by atoms with Gasteiger partial charge < -0.3 is 9.88 Å². The molecule has 0 radical (unpaired) electrons. The van der Waals surface area contributed by atoms with Gasteiger partial charge in [-0.3, -0.25) is 9.78 Å². The van der Waals surface area contributed by atoms with Gasteiger partial charge in [-0.15, -0.1) is 0 Å². The predicted octanol–water partition coefficient (Wildman–Crippen LogP) is 4.72. The third-order valence-electron chi connectivity index (χ3n) is 4.20. The first-order valence-corrected chi connectivity index (χ1v) is 9.04. The van der Waals surface area contributed by atoms with Crippen LogP contribution in [0.2, 0.25) is 0 Å². The van der Waals surface area contributed by atoms with Crippen LogP contribution in [0.5, 0.6) is 0 Å². The third-order valence-corrected chi connectivity index (χ3v) is 4.90. The summed E-state index contributed by atoms with van der Waals surface area (Å²) in [5.41, 5.74) is 2.71. The summed E-state index contributed by atoms with van der Waals surface area (Å²) in [5.74, 6) is -0.0250. The molecule has 0 spiro atoms. The Morgan fingerprint density at radius 2 is 1.96 bits per heavy atom. The van der Waals surface area contributed by atoms with E-state index in [1.165, 1.54) is 0 Å². The normalized spacial score (nSPS) is 12.2. The van der Waals surface area contributed by atoms with E-state index in [0.717, 1.165) is 22.2 Å². The van der Waals surface area contributed by atoms with Crippen LogP contribution in [0.25, 0.3) is 10.9 Å². The largest absolute Gasteiger partial charge is 0.346 e. The maximum absolute atomic E-state index is 12.7. The molecule has 0 saturated carbocycles. The first-order chi connectivity index (χ1) is 12.3. The fourth-order valence-electron chi connectivity index (χ4n) is 3.00. The molecule has 4 aromatic rings. The van der Waals surface area contributed by atoms with Gasteiger partial charge in [0.05, 0.1) is 23.7 Å². The lowest BCUT2D eigenvalue weighted by Gasteiger charge is -2.18. The minimum Gasteiger partial charge on any atom is -0.346 e. The Morgan fingerprint density at radius 1 is 1.12 bits per heavy atom. The third kappa shape index (κ3) is 3.32. The Bertz CT molecular complexity index is 938. The van der Waals surface area contributed by atoms with Crippen molar-refractivity contribution in [2.75, 3.05) is 5.32 Å². The molecule has 4 nitrogen and oxygen atoms in total. The smallest absolute Gasteiger partial charge is 0.226 e. The number of para-hydroxylation sites is 1. The molecule has 1 atom stereocenters. The maximum atomic E-state index is 12.7. The van der Waals surface area contributed by atoms with Crippen molar-refractivity contribution < 1.29 is 4.79 Å². The van der Waals surface area contributed by atoms with Crippen molar-refractivity contribution in [2.24, 2.45) is 0 Å². The van der Waals surface area contributed by atoms with E-state index in [1.54, 1.807) is 17.5 Å². The SMILES string of the molecule is O=C(C[C@@H](c1ccsc1)n1cccc1)Nc1cccc2cccnc12. The van der Waals surface area contributed by atoms with Crippen LogP contribution in [0.4, 0.5) is 5.69 Å². The number of benzene rings is 1. The van der Waals surface area contributed by atoms with E-state index in [0.29, 0.717) is 6.42 Å². The van der Waals surface area contributed by atoms with E-state index >= 15 is 0 Å². The van der Waals surface area contributed by atoms with E-state index in [9.17, 15) is 4.79 Å². The maximum Gasteiger partial charge on any atom is 0.226 e. The van der Waals surface area contributed by atoms with E-state index in [2.05, 4.69) is 26.3 Å². The van der Waals surface area contributed by atoms with Gasteiger partial charge in [-0.2, -0.15) is 11.3 Å². The van der Waals surface area contributed by atoms with Crippen molar-refractivity contribution in [1.82, 2.24) is 9.55 Å². The molecule has 5 heteroatoms. The average Bonchev–Trinajstić information content (AvgIpc) is 3.34. The number of amides is 1. The summed E-state index contributed by atoms with van der Waals surface area (Å²) in [5, 5.41) is 8.18. The van der Waals surface area contributed by atoms with Crippen LogP contribution in [-0.2, 0) is 4.79 Å². The molecule has 1 N–H and O–H groups in total. The second-order valence-electron chi connectivity index (χ2n) is 5.84. The quantitative estimate of drug-likeness (QED) is 0.568. The Kier molecular flexibility index (Phi) is 4.31. The zero-order chi connectivity index (χ0) is 17.1. The van der Waals surface area contributed by atoms with Gasteiger partial charge in [-0.05, 0) is 46.7 Å². The number of pyridine rings is 1. The van der Waals surface area contributed by atoms with Gasteiger partial charge in [0, 0.05) is 24.0 Å². The molecule has 1 amide bonds. The van der Waals surface area contributed by atoms with Crippen LogP contribution >= 0.6 is 11.3 Å². The highest BCUT2D eigenvalue weighted by atomic mass is 32.1. The second-order valence-corrected chi connectivity index (χ2v) is 6.62. The molecule has 1 aromatic carbocycles. The van der Waals surface area contributed by atoms with Crippen molar-refractivity contribution in [3.8, 4) is 0 Å². The number of aromatic nitrogens is 2. The summed E-state index contributed by atoms with van der Waals surface area (Å²) in [6, 6.07) is 15.7. The van der Waals surface area contributed by atoms with E-state index in [4.69, 9.17) is 0 Å². The van der Waals surface area contributed by atoms with Gasteiger partial charge in [0.1, 0.15) is 0 Å². The van der Waals surface area contributed by atoms with Gasteiger partial charge in [0.2, 0.25) is 5.91 Å². The molecular formula is C20H17N3OS. The number of nitrogens with zero attached hydrogens (tertiary/aromatic N) is 2. The fraction of sp³-hybridized carbons (Fsp3) is 0.100. The Hall–Kier alpha value is -2.92. The highest BCUT2D eigenvalue weighted by molar-refractivity contribution is 7.08. The van der Waals surface area contributed by atoms with Crippen LogP contribution in [0.3, 0.4) is 0 Å². The standard InChI is InChI=1S/C20H17N3OS/c24-19(22-17-7-3-5-15-6-4-9-21-20(15)17)13-18(16-8-12-25-14-16)23-10-1-2-11-23/h1-12,14,18H,13H2,(H,22,24)/t18-/m0/s1. The first kappa shape index (κ1) is 15.6. The fourth-order valence-corrected chi connectivity index (χ4v) is 3.70. The molecule has 3 aromatic heterocycles. The zero-order valence-corrected chi connectivity index (χ0v) is 14.3. The molecule has 0 aliphatic heterocycles. The molecule has 0 aliphatic rings. The molecule has 4 rings (SSSR count). The Morgan fingerprint density at radius 3 is 2.76 bits per heavy atom. The molecular weight excluding hydrogens is 330 g/mol. The Labute approximate surface area is 149 Å². The van der Waals surface area contributed by atoms with Gasteiger partial charge >= 0.3 is 0 Å². The van der Waals surface area contributed by atoms with Crippen molar-refractivity contribution in [1.29, 1.82) is 0 Å². The summed E-state index contributed by atoms with van der Waals surface area (Å²) < 4.78 is 2.07. The monoisotopic (exact) mass is 347 g/mol. The lowest BCUT2D eigenvalue weighted by Crippen LogP contribution is -2.19.